The second-order valence-electron chi connectivity index (χ2n) is 5.99. The zero-order valence-electron chi connectivity index (χ0n) is 11.8. The third kappa shape index (κ3) is 1.79. The average molecular weight is 264 g/mol. The fourth-order valence-electron chi connectivity index (χ4n) is 3.77. The molecule has 2 heteroatoms. The molecule has 0 aromatic heterocycles. The molecule has 4 rings (SSSR count). The Bertz CT molecular complexity index is 635. The maximum absolute atomic E-state index is 3.60. The van der Waals surface area contributed by atoms with E-state index in [9.17, 15) is 0 Å². The first-order valence-electron chi connectivity index (χ1n) is 7.51. The molecular formula is C18H20N2. The normalized spacial score (nSPS) is 23.9. The molecule has 2 aromatic rings. The number of hydrogen-bond acceptors (Lipinski definition) is 2. The van der Waals surface area contributed by atoms with Gasteiger partial charge in [-0.25, -0.2) is 0 Å². The third-order valence-corrected chi connectivity index (χ3v) is 4.65. The summed E-state index contributed by atoms with van der Waals surface area (Å²) in [6.07, 6.45) is 2.32. The van der Waals surface area contributed by atoms with Crippen LogP contribution in [0.15, 0.2) is 48.5 Å². The Labute approximate surface area is 120 Å². The number of nitrogens with zero attached hydrogens (tertiary/aromatic N) is 1. The van der Waals surface area contributed by atoms with Gasteiger partial charge in [0.2, 0.25) is 0 Å². The molecular weight excluding hydrogens is 244 g/mol. The van der Waals surface area contributed by atoms with Crippen LogP contribution in [0.1, 0.15) is 18.1 Å². The van der Waals surface area contributed by atoms with Gasteiger partial charge in [0.25, 0.3) is 0 Å². The van der Waals surface area contributed by atoms with Gasteiger partial charge in [0, 0.05) is 24.0 Å². The minimum absolute atomic E-state index is 0.559. The van der Waals surface area contributed by atoms with E-state index in [2.05, 4.69) is 65.7 Å². The highest BCUT2D eigenvalue weighted by molar-refractivity contribution is 5.62. The van der Waals surface area contributed by atoms with E-state index in [1.165, 1.54) is 28.9 Å². The van der Waals surface area contributed by atoms with Crippen molar-refractivity contribution in [3.05, 3.63) is 59.7 Å². The van der Waals surface area contributed by atoms with Crippen molar-refractivity contribution in [2.75, 3.05) is 16.8 Å². The Morgan fingerprint density at radius 2 is 1.70 bits per heavy atom. The summed E-state index contributed by atoms with van der Waals surface area (Å²) in [6.45, 7) is 3.39. The molecule has 2 aromatic carbocycles. The maximum atomic E-state index is 3.60. The number of benzene rings is 2. The van der Waals surface area contributed by atoms with Crippen molar-refractivity contribution in [3.8, 4) is 0 Å². The van der Waals surface area contributed by atoms with Gasteiger partial charge in [0.05, 0.1) is 6.04 Å². The smallest absolute Gasteiger partial charge is 0.0506 e. The number of nitrogens with one attached hydrogen (secondary N) is 1. The summed E-state index contributed by atoms with van der Waals surface area (Å²) in [5.74, 6) is 0. The van der Waals surface area contributed by atoms with Crippen molar-refractivity contribution in [2.24, 2.45) is 0 Å². The summed E-state index contributed by atoms with van der Waals surface area (Å²) in [4.78, 5) is 2.62. The first kappa shape index (κ1) is 11.8. The molecule has 0 amide bonds. The highest BCUT2D eigenvalue weighted by atomic mass is 15.2. The standard InChI is InChI=1S/C18H20N2/c1-13-10-15-7-3-5-9-18(15)20(13)16-11-14-6-2-4-8-17(14)19-12-16/h2-9,13,16,19H,10-12H2,1H3. The summed E-state index contributed by atoms with van der Waals surface area (Å²) >= 11 is 0. The minimum Gasteiger partial charge on any atom is -0.383 e. The Balaban J connectivity index is 1.66. The number of rotatable bonds is 1. The molecule has 0 saturated carbocycles. The van der Waals surface area contributed by atoms with Crippen molar-refractivity contribution in [2.45, 2.75) is 31.8 Å². The molecule has 0 spiro atoms. The zero-order chi connectivity index (χ0) is 13.5. The highest BCUT2D eigenvalue weighted by Gasteiger charge is 2.33. The van der Waals surface area contributed by atoms with Gasteiger partial charge in [-0.05, 0) is 43.0 Å². The molecule has 102 valence electrons. The molecule has 0 bridgehead atoms. The lowest BCUT2D eigenvalue weighted by Gasteiger charge is -2.38. The molecule has 0 fully saturated rings. The van der Waals surface area contributed by atoms with Crippen LogP contribution in [-0.2, 0) is 12.8 Å². The first-order chi connectivity index (χ1) is 9.83. The van der Waals surface area contributed by atoms with Gasteiger partial charge in [-0.3, -0.25) is 0 Å². The maximum Gasteiger partial charge on any atom is 0.0506 e. The number of anilines is 2. The van der Waals surface area contributed by atoms with Gasteiger partial charge in [-0.2, -0.15) is 0 Å². The topological polar surface area (TPSA) is 15.3 Å². The second kappa shape index (κ2) is 4.55. The number of para-hydroxylation sites is 2. The van der Waals surface area contributed by atoms with Crippen LogP contribution in [0.4, 0.5) is 11.4 Å². The molecule has 0 radical (unpaired) electrons. The summed E-state index contributed by atoms with van der Waals surface area (Å²) in [5, 5.41) is 3.60. The van der Waals surface area contributed by atoms with Crippen molar-refractivity contribution in [3.63, 3.8) is 0 Å². The lowest BCUT2D eigenvalue weighted by molar-refractivity contribution is 0.547. The molecule has 2 heterocycles. The SMILES string of the molecule is CC1Cc2ccccc2N1C1CNc2ccccc2C1. The van der Waals surface area contributed by atoms with E-state index in [-0.39, 0.29) is 0 Å². The Hall–Kier alpha value is -1.96. The molecule has 2 aliphatic heterocycles. The van der Waals surface area contributed by atoms with Crippen LogP contribution < -0.4 is 10.2 Å². The minimum atomic E-state index is 0.559. The lowest BCUT2D eigenvalue weighted by Crippen LogP contribution is -2.46. The van der Waals surface area contributed by atoms with E-state index in [0.717, 1.165) is 13.0 Å². The number of hydrogen-bond donors (Lipinski definition) is 1. The first-order valence-corrected chi connectivity index (χ1v) is 7.51. The molecule has 2 aliphatic rings. The summed E-state index contributed by atoms with van der Waals surface area (Å²) in [5.41, 5.74) is 5.69. The monoisotopic (exact) mass is 264 g/mol. The Kier molecular flexibility index (Phi) is 2.69. The predicted octanol–water partition coefficient (Wildman–Crippen LogP) is 3.47. The van der Waals surface area contributed by atoms with Gasteiger partial charge in [-0.15, -0.1) is 0 Å². The zero-order valence-corrected chi connectivity index (χ0v) is 11.8. The molecule has 2 atom stereocenters. The largest absolute Gasteiger partial charge is 0.383 e. The van der Waals surface area contributed by atoms with E-state index < -0.39 is 0 Å². The van der Waals surface area contributed by atoms with Crippen LogP contribution >= 0.6 is 0 Å². The van der Waals surface area contributed by atoms with Crippen LogP contribution in [0.2, 0.25) is 0 Å². The van der Waals surface area contributed by atoms with Crippen LogP contribution in [0.25, 0.3) is 0 Å². The van der Waals surface area contributed by atoms with Crippen molar-refractivity contribution < 1.29 is 0 Å². The third-order valence-electron chi connectivity index (χ3n) is 4.65. The van der Waals surface area contributed by atoms with Crippen LogP contribution in [0, 0.1) is 0 Å². The fourth-order valence-corrected chi connectivity index (χ4v) is 3.77. The van der Waals surface area contributed by atoms with Crippen LogP contribution in [-0.4, -0.2) is 18.6 Å². The van der Waals surface area contributed by atoms with Gasteiger partial charge < -0.3 is 10.2 Å². The van der Waals surface area contributed by atoms with E-state index >= 15 is 0 Å². The van der Waals surface area contributed by atoms with Gasteiger partial charge in [-0.1, -0.05) is 36.4 Å². The van der Waals surface area contributed by atoms with Gasteiger partial charge in [0.15, 0.2) is 0 Å². The Morgan fingerprint density at radius 3 is 2.60 bits per heavy atom. The van der Waals surface area contributed by atoms with Crippen LogP contribution in [0.3, 0.4) is 0 Å². The van der Waals surface area contributed by atoms with Crippen molar-refractivity contribution >= 4 is 11.4 Å². The Morgan fingerprint density at radius 1 is 0.950 bits per heavy atom. The predicted molar refractivity (Wildman–Crippen MR) is 84.5 cm³/mol. The van der Waals surface area contributed by atoms with Crippen molar-refractivity contribution in [1.29, 1.82) is 0 Å². The molecule has 0 saturated heterocycles. The van der Waals surface area contributed by atoms with E-state index in [4.69, 9.17) is 0 Å². The van der Waals surface area contributed by atoms with E-state index in [1.807, 2.05) is 0 Å². The molecule has 20 heavy (non-hydrogen) atoms. The summed E-state index contributed by atoms with van der Waals surface area (Å²) in [7, 11) is 0. The second-order valence-corrected chi connectivity index (χ2v) is 5.99. The van der Waals surface area contributed by atoms with Crippen LogP contribution in [0.5, 0.6) is 0 Å². The highest BCUT2D eigenvalue weighted by Crippen LogP contribution is 2.36. The molecule has 0 aliphatic carbocycles. The molecule has 2 nitrogen and oxygen atoms in total. The average Bonchev–Trinajstić information content (AvgIpc) is 2.82. The molecule has 1 N–H and O–H groups in total. The summed E-state index contributed by atoms with van der Waals surface area (Å²) < 4.78 is 0. The molecule has 2 unspecified atom stereocenters. The number of fused-ring (bicyclic) bond motifs is 2. The van der Waals surface area contributed by atoms with Gasteiger partial charge >= 0.3 is 0 Å². The van der Waals surface area contributed by atoms with E-state index in [0.29, 0.717) is 12.1 Å². The lowest BCUT2D eigenvalue weighted by atomic mass is 9.98. The summed E-state index contributed by atoms with van der Waals surface area (Å²) in [6, 6.07) is 18.7. The van der Waals surface area contributed by atoms with Crippen molar-refractivity contribution in [1.82, 2.24) is 0 Å². The fraction of sp³-hybridized carbons (Fsp3) is 0.333. The van der Waals surface area contributed by atoms with E-state index in [1.54, 1.807) is 0 Å². The van der Waals surface area contributed by atoms with Gasteiger partial charge in [0.1, 0.15) is 0 Å². The quantitative estimate of drug-likeness (QED) is 0.848.